The molecular weight excluding hydrogens is 199 g/mol. The predicted octanol–water partition coefficient (Wildman–Crippen LogP) is 1.60. The first-order valence-corrected chi connectivity index (χ1v) is 3.76. The van der Waals surface area contributed by atoms with Gasteiger partial charge in [-0.15, -0.1) is 0 Å². The van der Waals surface area contributed by atoms with Gasteiger partial charge in [0.1, 0.15) is 5.82 Å². The number of aliphatic hydroxyl groups is 1. The van der Waals surface area contributed by atoms with Crippen LogP contribution in [0.1, 0.15) is 11.7 Å². The summed E-state index contributed by atoms with van der Waals surface area (Å²) in [5, 5.41) is 17.1. The van der Waals surface area contributed by atoms with Crippen molar-refractivity contribution in [1.29, 1.82) is 0 Å². The highest BCUT2D eigenvalue weighted by Crippen LogP contribution is 2.25. The molecule has 0 aliphatic rings. The molecule has 2 N–H and O–H groups in total. The zero-order chi connectivity index (χ0) is 10.0. The number of carbonyl (C=O) groups is 1. The summed E-state index contributed by atoms with van der Waals surface area (Å²) in [5.41, 5.74) is -0.144. The third-order valence-corrected chi connectivity index (χ3v) is 1.91. The maximum atomic E-state index is 12.8. The van der Waals surface area contributed by atoms with Gasteiger partial charge in [-0.05, 0) is 6.07 Å². The molecule has 1 atom stereocenters. The van der Waals surface area contributed by atoms with E-state index in [1.165, 1.54) is 12.1 Å². The number of aliphatic hydroxyl groups excluding tert-OH is 1. The van der Waals surface area contributed by atoms with E-state index in [0.29, 0.717) is 0 Å². The summed E-state index contributed by atoms with van der Waals surface area (Å²) >= 11 is 5.43. The van der Waals surface area contributed by atoms with E-state index in [1.54, 1.807) is 0 Å². The van der Waals surface area contributed by atoms with Crippen LogP contribution < -0.4 is 0 Å². The number of hydrogen-bond acceptors (Lipinski definition) is 2. The first kappa shape index (κ1) is 9.95. The Morgan fingerprint density at radius 2 is 2.15 bits per heavy atom. The van der Waals surface area contributed by atoms with Gasteiger partial charge in [0, 0.05) is 5.56 Å². The number of aliphatic carboxylic acids is 1. The molecule has 1 aromatic carbocycles. The molecule has 0 saturated carbocycles. The van der Waals surface area contributed by atoms with Gasteiger partial charge >= 0.3 is 5.97 Å². The lowest BCUT2D eigenvalue weighted by molar-refractivity contribution is -0.146. The van der Waals surface area contributed by atoms with Crippen molar-refractivity contribution in [3.8, 4) is 0 Å². The summed E-state index contributed by atoms with van der Waals surface area (Å²) in [5.74, 6) is -2.22. The van der Waals surface area contributed by atoms with Crippen molar-refractivity contribution in [3.05, 3.63) is 34.6 Å². The van der Waals surface area contributed by atoms with Crippen molar-refractivity contribution in [3.63, 3.8) is 0 Å². The highest BCUT2D eigenvalue weighted by Gasteiger charge is 2.20. The first-order chi connectivity index (χ1) is 6.04. The van der Waals surface area contributed by atoms with Gasteiger partial charge < -0.3 is 10.2 Å². The molecule has 0 aliphatic heterocycles. The number of benzene rings is 1. The van der Waals surface area contributed by atoms with E-state index < -0.39 is 17.9 Å². The Morgan fingerprint density at radius 1 is 1.54 bits per heavy atom. The Bertz CT molecular complexity index is 340. The van der Waals surface area contributed by atoms with Gasteiger partial charge in [-0.1, -0.05) is 23.7 Å². The summed E-state index contributed by atoms with van der Waals surface area (Å²) < 4.78 is 12.8. The summed E-state index contributed by atoms with van der Waals surface area (Å²) in [4.78, 5) is 10.3. The van der Waals surface area contributed by atoms with Gasteiger partial charge in [0.25, 0.3) is 0 Å². The van der Waals surface area contributed by atoms with Crippen molar-refractivity contribution < 1.29 is 19.4 Å². The molecule has 0 fully saturated rings. The second-order valence-electron chi connectivity index (χ2n) is 2.38. The molecule has 0 radical (unpaired) electrons. The molecule has 0 aliphatic carbocycles. The normalized spacial score (nSPS) is 12.5. The van der Waals surface area contributed by atoms with Crippen LogP contribution in [0.2, 0.25) is 5.02 Å². The fourth-order valence-corrected chi connectivity index (χ4v) is 1.09. The monoisotopic (exact) mass is 204 g/mol. The molecule has 0 spiro atoms. The second kappa shape index (κ2) is 3.72. The molecule has 13 heavy (non-hydrogen) atoms. The van der Waals surface area contributed by atoms with E-state index in [2.05, 4.69) is 0 Å². The second-order valence-corrected chi connectivity index (χ2v) is 2.76. The molecule has 0 amide bonds. The maximum absolute atomic E-state index is 12.8. The Morgan fingerprint density at radius 3 is 2.69 bits per heavy atom. The quantitative estimate of drug-likeness (QED) is 0.769. The van der Waals surface area contributed by atoms with Crippen molar-refractivity contribution in [1.82, 2.24) is 0 Å². The highest BCUT2D eigenvalue weighted by atomic mass is 35.5. The van der Waals surface area contributed by atoms with Crippen LogP contribution >= 0.6 is 11.6 Å². The lowest BCUT2D eigenvalue weighted by Crippen LogP contribution is -2.11. The molecule has 70 valence electrons. The van der Waals surface area contributed by atoms with Crippen LogP contribution in [0.25, 0.3) is 0 Å². The molecule has 0 unspecified atom stereocenters. The molecule has 5 heteroatoms. The summed E-state index contributed by atoms with van der Waals surface area (Å²) in [6, 6.07) is 3.62. The van der Waals surface area contributed by atoms with Gasteiger partial charge in [0.15, 0.2) is 6.10 Å². The third-order valence-electron chi connectivity index (χ3n) is 1.51. The summed E-state index contributed by atoms with van der Waals surface area (Å²) in [7, 11) is 0. The van der Waals surface area contributed by atoms with Crippen LogP contribution in [0, 0.1) is 5.82 Å². The van der Waals surface area contributed by atoms with Crippen molar-refractivity contribution in [2.75, 3.05) is 0 Å². The lowest BCUT2D eigenvalue weighted by atomic mass is 10.1. The lowest BCUT2D eigenvalue weighted by Gasteiger charge is -2.07. The minimum absolute atomic E-state index is 0.144. The Kier molecular flexibility index (Phi) is 2.85. The van der Waals surface area contributed by atoms with Gasteiger partial charge in [0.2, 0.25) is 0 Å². The molecule has 0 heterocycles. The van der Waals surface area contributed by atoms with Crippen molar-refractivity contribution >= 4 is 17.6 Å². The van der Waals surface area contributed by atoms with Crippen molar-refractivity contribution in [2.24, 2.45) is 0 Å². The number of carboxylic acids is 1. The van der Waals surface area contributed by atoms with E-state index in [4.69, 9.17) is 21.8 Å². The SMILES string of the molecule is O=C(O)[C@@H](O)c1cccc(F)c1Cl. The average Bonchev–Trinajstić information content (AvgIpc) is 2.08. The highest BCUT2D eigenvalue weighted by molar-refractivity contribution is 6.31. The van der Waals surface area contributed by atoms with Crippen LogP contribution in [0.15, 0.2) is 18.2 Å². The van der Waals surface area contributed by atoms with Gasteiger partial charge in [-0.2, -0.15) is 0 Å². The molecule has 0 aromatic heterocycles. The van der Waals surface area contributed by atoms with Crippen LogP contribution in [-0.4, -0.2) is 16.2 Å². The predicted molar refractivity (Wildman–Crippen MR) is 44.0 cm³/mol. The van der Waals surface area contributed by atoms with Gasteiger partial charge in [-0.3, -0.25) is 0 Å². The minimum Gasteiger partial charge on any atom is -0.479 e. The van der Waals surface area contributed by atoms with Crippen molar-refractivity contribution in [2.45, 2.75) is 6.10 Å². The van der Waals surface area contributed by atoms with Gasteiger partial charge in [0.05, 0.1) is 5.02 Å². The van der Waals surface area contributed by atoms with Gasteiger partial charge in [-0.25, -0.2) is 9.18 Å². The summed E-state index contributed by atoms with van der Waals surface area (Å²) in [6.45, 7) is 0. The molecule has 1 aromatic rings. The van der Waals surface area contributed by atoms with E-state index in [-0.39, 0.29) is 10.6 Å². The third kappa shape index (κ3) is 1.96. The van der Waals surface area contributed by atoms with Crippen LogP contribution in [0.3, 0.4) is 0 Å². The number of carboxylic acid groups (broad SMARTS) is 1. The summed E-state index contributed by atoms with van der Waals surface area (Å²) in [6.07, 6.45) is -1.79. The van der Waals surface area contributed by atoms with Crippen LogP contribution in [-0.2, 0) is 4.79 Å². The number of rotatable bonds is 2. The topological polar surface area (TPSA) is 57.5 Å². The van der Waals surface area contributed by atoms with E-state index in [0.717, 1.165) is 6.07 Å². The first-order valence-electron chi connectivity index (χ1n) is 3.39. The zero-order valence-corrected chi connectivity index (χ0v) is 7.12. The molecule has 0 saturated heterocycles. The zero-order valence-electron chi connectivity index (χ0n) is 6.37. The smallest absolute Gasteiger partial charge is 0.337 e. The molecule has 3 nitrogen and oxygen atoms in total. The molecule has 0 bridgehead atoms. The van der Waals surface area contributed by atoms with Crippen LogP contribution in [0.4, 0.5) is 4.39 Å². The number of halogens is 2. The van der Waals surface area contributed by atoms with E-state index in [9.17, 15) is 9.18 Å². The fourth-order valence-electron chi connectivity index (χ4n) is 0.865. The minimum atomic E-state index is -1.79. The molecule has 1 rings (SSSR count). The maximum Gasteiger partial charge on any atom is 0.337 e. The average molecular weight is 205 g/mol. The number of hydrogen-bond donors (Lipinski definition) is 2. The fraction of sp³-hybridized carbons (Fsp3) is 0.125. The largest absolute Gasteiger partial charge is 0.479 e. The van der Waals surface area contributed by atoms with Crippen LogP contribution in [0.5, 0.6) is 0 Å². The Balaban J connectivity index is 3.15. The standard InChI is InChI=1S/C8H6ClFO3/c9-6-4(7(11)8(12)13)2-1-3-5(6)10/h1-3,7,11H,(H,12,13)/t7-/m0/s1. The van der Waals surface area contributed by atoms with E-state index in [1.807, 2.05) is 0 Å². The Labute approximate surface area is 78.4 Å². The Hall–Kier alpha value is -1.13. The van der Waals surface area contributed by atoms with E-state index >= 15 is 0 Å². The molecular formula is C8H6ClFO3.